The van der Waals surface area contributed by atoms with Crippen LogP contribution in [-0.2, 0) is 0 Å². The van der Waals surface area contributed by atoms with Gasteiger partial charge in [-0.3, -0.25) is 0 Å². The van der Waals surface area contributed by atoms with Crippen molar-refractivity contribution in [2.45, 2.75) is 20.8 Å². The van der Waals surface area contributed by atoms with Crippen LogP contribution in [0.2, 0.25) is 5.02 Å². The van der Waals surface area contributed by atoms with E-state index in [1.54, 1.807) is 0 Å². The second kappa shape index (κ2) is 5.80. The van der Waals surface area contributed by atoms with E-state index in [0.717, 1.165) is 34.8 Å². The van der Waals surface area contributed by atoms with Gasteiger partial charge in [0.15, 0.2) is 0 Å². The molecular weight excluding hydrogens is 206 g/mol. The van der Waals surface area contributed by atoms with Gasteiger partial charge in [0.2, 0.25) is 0 Å². The van der Waals surface area contributed by atoms with Gasteiger partial charge in [-0.15, -0.1) is 0 Å². The minimum atomic E-state index is 0.734. The summed E-state index contributed by atoms with van der Waals surface area (Å²) in [5.74, 6) is 6.23. The van der Waals surface area contributed by atoms with Gasteiger partial charge in [0.05, 0.1) is 6.54 Å². The number of nitrogens with one attached hydrogen (secondary N) is 1. The van der Waals surface area contributed by atoms with Crippen LogP contribution in [-0.4, -0.2) is 13.1 Å². The molecule has 0 aliphatic carbocycles. The van der Waals surface area contributed by atoms with Crippen LogP contribution in [0.5, 0.6) is 0 Å². The van der Waals surface area contributed by atoms with Crippen molar-refractivity contribution < 1.29 is 0 Å². The van der Waals surface area contributed by atoms with Crippen molar-refractivity contribution in [3.63, 3.8) is 0 Å². The minimum Gasteiger partial charge on any atom is -0.306 e. The summed E-state index contributed by atoms with van der Waals surface area (Å²) in [5.41, 5.74) is 3.28. The number of benzene rings is 1. The van der Waals surface area contributed by atoms with Gasteiger partial charge in [0, 0.05) is 10.6 Å². The molecule has 1 N–H and O–H groups in total. The van der Waals surface area contributed by atoms with E-state index in [-0.39, 0.29) is 0 Å². The van der Waals surface area contributed by atoms with Crippen LogP contribution in [0.1, 0.15) is 23.6 Å². The second-order valence-corrected chi connectivity index (χ2v) is 3.91. The topological polar surface area (TPSA) is 12.0 Å². The molecule has 1 nitrogen and oxygen atoms in total. The SMILES string of the molecule is CCNCC#Cc1cc(C)c(Cl)cc1C. The predicted molar refractivity (Wildman–Crippen MR) is 66.3 cm³/mol. The van der Waals surface area contributed by atoms with Crippen molar-refractivity contribution in [3.8, 4) is 11.8 Å². The Bertz CT molecular complexity index is 399. The van der Waals surface area contributed by atoms with Gasteiger partial charge in [0.25, 0.3) is 0 Å². The van der Waals surface area contributed by atoms with Gasteiger partial charge in [-0.25, -0.2) is 0 Å². The lowest BCUT2D eigenvalue weighted by molar-refractivity contribution is 0.811. The lowest BCUT2D eigenvalue weighted by Gasteiger charge is -2.02. The first-order valence-electron chi connectivity index (χ1n) is 5.11. The highest BCUT2D eigenvalue weighted by Crippen LogP contribution is 2.19. The maximum absolute atomic E-state index is 6.01. The van der Waals surface area contributed by atoms with Gasteiger partial charge >= 0.3 is 0 Å². The third-order valence-electron chi connectivity index (χ3n) is 2.19. The summed E-state index contributed by atoms with van der Waals surface area (Å²) in [7, 11) is 0. The van der Waals surface area contributed by atoms with E-state index in [4.69, 9.17) is 11.6 Å². The van der Waals surface area contributed by atoms with Crippen molar-refractivity contribution in [3.05, 3.63) is 33.8 Å². The Morgan fingerprint density at radius 2 is 2.00 bits per heavy atom. The highest BCUT2D eigenvalue weighted by molar-refractivity contribution is 6.31. The van der Waals surface area contributed by atoms with Crippen molar-refractivity contribution >= 4 is 11.6 Å². The molecule has 0 bridgehead atoms. The van der Waals surface area contributed by atoms with Gasteiger partial charge in [-0.1, -0.05) is 30.4 Å². The summed E-state index contributed by atoms with van der Waals surface area (Å²) in [6.45, 7) is 7.78. The summed E-state index contributed by atoms with van der Waals surface area (Å²) in [6, 6.07) is 4.00. The molecule has 0 fully saturated rings. The first-order valence-corrected chi connectivity index (χ1v) is 5.49. The van der Waals surface area contributed by atoms with E-state index in [2.05, 4.69) is 24.1 Å². The van der Waals surface area contributed by atoms with Crippen LogP contribution in [0.15, 0.2) is 12.1 Å². The monoisotopic (exact) mass is 221 g/mol. The van der Waals surface area contributed by atoms with Crippen molar-refractivity contribution in [2.24, 2.45) is 0 Å². The van der Waals surface area contributed by atoms with Crippen LogP contribution in [0.25, 0.3) is 0 Å². The van der Waals surface area contributed by atoms with E-state index >= 15 is 0 Å². The zero-order chi connectivity index (χ0) is 11.3. The molecule has 0 unspecified atom stereocenters. The number of hydrogen-bond donors (Lipinski definition) is 1. The molecule has 2 heteroatoms. The largest absolute Gasteiger partial charge is 0.306 e. The molecule has 0 spiro atoms. The normalized spacial score (nSPS) is 9.60. The van der Waals surface area contributed by atoms with Gasteiger partial charge in [0.1, 0.15) is 0 Å². The summed E-state index contributed by atoms with van der Waals surface area (Å²) in [4.78, 5) is 0. The molecule has 0 heterocycles. The number of halogens is 1. The number of hydrogen-bond acceptors (Lipinski definition) is 1. The number of rotatable bonds is 2. The molecule has 0 atom stereocenters. The van der Waals surface area contributed by atoms with Crippen LogP contribution >= 0.6 is 11.6 Å². The Morgan fingerprint density at radius 3 is 2.67 bits per heavy atom. The fourth-order valence-corrected chi connectivity index (χ4v) is 1.46. The van der Waals surface area contributed by atoms with Crippen molar-refractivity contribution in [1.82, 2.24) is 5.32 Å². The van der Waals surface area contributed by atoms with Gasteiger partial charge < -0.3 is 5.32 Å². The minimum absolute atomic E-state index is 0.734. The Morgan fingerprint density at radius 1 is 1.27 bits per heavy atom. The smallest absolute Gasteiger partial charge is 0.0580 e. The molecule has 15 heavy (non-hydrogen) atoms. The maximum atomic E-state index is 6.01. The molecule has 0 aliphatic rings. The molecule has 0 aliphatic heterocycles. The molecule has 0 aromatic heterocycles. The van der Waals surface area contributed by atoms with Crippen LogP contribution < -0.4 is 5.32 Å². The average Bonchev–Trinajstić information content (AvgIpc) is 2.20. The molecule has 1 aromatic carbocycles. The molecule has 0 amide bonds. The first-order chi connectivity index (χ1) is 7.15. The Kier molecular flexibility index (Phi) is 4.68. The number of aryl methyl sites for hydroxylation is 2. The fraction of sp³-hybridized carbons (Fsp3) is 0.385. The standard InChI is InChI=1S/C13H16ClN/c1-4-15-7-5-6-12-8-11(3)13(14)9-10(12)2/h8-9,15H,4,7H2,1-3H3. The highest BCUT2D eigenvalue weighted by Gasteiger charge is 1.99. The predicted octanol–water partition coefficient (Wildman–Crippen LogP) is 2.92. The molecule has 1 aromatic rings. The molecule has 0 radical (unpaired) electrons. The average molecular weight is 222 g/mol. The van der Waals surface area contributed by atoms with Crippen molar-refractivity contribution in [2.75, 3.05) is 13.1 Å². The Balaban J connectivity index is 2.84. The molecule has 1 rings (SSSR count). The maximum Gasteiger partial charge on any atom is 0.0580 e. The molecule has 80 valence electrons. The van der Waals surface area contributed by atoms with E-state index in [9.17, 15) is 0 Å². The summed E-state index contributed by atoms with van der Waals surface area (Å²) >= 11 is 6.01. The van der Waals surface area contributed by atoms with Gasteiger partial charge in [-0.2, -0.15) is 0 Å². The summed E-state index contributed by atoms with van der Waals surface area (Å²) < 4.78 is 0. The lowest BCUT2D eigenvalue weighted by atomic mass is 10.1. The van der Waals surface area contributed by atoms with Crippen molar-refractivity contribution in [1.29, 1.82) is 0 Å². The first kappa shape index (κ1) is 12.1. The molecular formula is C13H16ClN. The quantitative estimate of drug-likeness (QED) is 0.598. The van der Waals surface area contributed by atoms with E-state index in [1.165, 1.54) is 0 Å². The highest BCUT2D eigenvalue weighted by atomic mass is 35.5. The van der Waals surface area contributed by atoms with Crippen LogP contribution in [0.3, 0.4) is 0 Å². The zero-order valence-corrected chi connectivity index (χ0v) is 10.2. The van der Waals surface area contributed by atoms with Gasteiger partial charge in [-0.05, 0) is 43.7 Å². The molecule has 0 saturated heterocycles. The summed E-state index contributed by atoms with van der Waals surface area (Å²) in [6.07, 6.45) is 0. The Labute approximate surface area is 96.8 Å². The third-order valence-corrected chi connectivity index (χ3v) is 2.60. The zero-order valence-electron chi connectivity index (χ0n) is 9.45. The van der Waals surface area contributed by atoms with E-state index < -0.39 is 0 Å². The van der Waals surface area contributed by atoms with E-state index in [1.807, 2.05) is 26.0 Å². The fourth-order valence-electron chi connectivity index (χ4n) is 1.24. The third kappa shape index (κ3) is 3.58. The van der Waals surface area contributed by atoms with Crippen LogP contribution in [0.4, 0.5) is 0 Å². The Hall–Kier alpha value is -0.970. The summed E-state index contributed by atoms with van der Waals surface area (Å²) in [5, 5.41) is 3.97. The van der Waals surface area contributed by atoms with E-state index in [0.29, 0.717) is 0 Å². The molecule has 0 saturated carbocycles. The second-order valence-electron chi connectivity index (χ2n) is 3.50. The van der Waals surface area contributed by atoms with Crippen LogP contribution in [0, 0.1) is 25.7 Å². The lowest BCUT2D eigenvalue weighted by Crippen LogP contribution is -2.11.